The minimum atomic E-state index is 0.273. The van der Waals surface area contributed by atoms with Crippen LogP contribution in [0.25, 0.3) is 11.1 Å². The number of aryl methyl sites for hydroxylation is 1. The predicted octanol–water partition coefficient (Wildman–Crippen LogP) is 4.87. The van der Waals surface area contributed by atoms with Gasteiger partial charge in [-0.15, -0.1) is 0 Å². The Balaban J connectivity index is 2.10. The first-order chi connectivity index (χ1) is 12.1. The van der Waals surface area contributed by atoms with Crippen molar-refractivity contribution in [2.24, 2.45) is 0 Å². The number of nitrogen functional groups attached to an aromatic ring is 1. The highest BCUT2D eigenvalue weighted by Crippen LogP contribution is 2.34. The van der Waals surface area contributed by atoms with Crippen molar-refractivity contribution in [3.8, 4) is 28.7 Å². The maximum atomic E-state index is 9.55. The van der Waals surface area contributed by atoms with Crippen LogP contribution in [0.4, 0.5) is 5.82 Å². The molecule has 0 spiro atoms. The zero-order chi connectivity index (χ0) is 17.8. The van der Waals surface area contributed by atoms with Gasteiger partial charge in [0.1, 0.15) is 28.9 Å². The van der Waals surface area contributed by atoms with Gasteiger partial charge in [0.25, 0.3) is 0 Å². The minimum Gasteiger partial charge on any atom is -0.457 e. The molecular formula is C21H19N3O. The SMILES string of the molecule is CCc1nc(N)c(C#N)c(-c2cccc(Oc3ccccc3)c2)c1C. The number of aromatic nitrogens is 1. The molecule has 0 aliphatic heterocycles. The fourth-order valence-electron chi connectivity index (χ4n) is 2.90. The molecule has 2 N–H and O–H groups in total. The minimum absolute atomic E-state index is 0.273. The number of rotatable bonds is 4. The van der Waals surface area contributed by atoms with Crippen molar-refractivity contribution in [2.45, 2.75) is 20.3 Å². The summed E-state index contributed by atoms with van der Waals surface area (Å²) in [6.07, 6.45) is 0.759. The third-order valence-electron chi connectivity index (χ3n) is 4.12. The second-order valence-corrected chi connectivity index (χ2v) is 5.73. The van der Waals surface area contributed by atoms with Gasteiger partial charge in [-0.2, -0.15) is 5.26 Å². The van der Waals surface area contributed by atoms with E-state index in [0.29, 0.717) is 11.3 Å². The van der Waals surface area contributed by atoms with Crippen LogP contribution in [0.2, 0.25) is 0 Å². The number of nitrogens with zero attached hydrogens (tertiary/aromatic N) is 2. The lowest BCUT2D eigenvalue weighted by Crippen LogP contribution is -2.05. The van der Waals surface area contributed by atoms with Crippen molar-refractivity contribution in [1.82, 2.24) is 4.98 Å². The molecule has 2 aromatic carbocycles. The number of anilines is 1. The lowest BCUT2D eigenvalue weighted by molar-refractivity contribution is 0.483. The zero-order valence-corrected chi connectivity index (χ0v) is 14.3. The Morgan fingerprint density at radius 2 is 1.80 bits per heavy atom. The van der Waals surface area contributed by atoms with Crippen LogP contribution in [0, 0.1) is 18.3 Å². The number of nitrogens with two attached hydrogens (primary N) is 1. The number of pyridine rings is 1. The van der Waals surface area contributed by atoms with Crippen LogP contribution >= 0.6 is 0 Å². The smallest absolute Gasteiger partial charge is 0.142 e. The molecule has 4 nitrogen and oxygen atoms in total. The highest BCUT2D eigenvalue weighted by molar-refractivity contribution is 5.79. The number of ether oxygens (including phenoxy) is 1. The first-order valence-electron chi connectivity index (χ1n) is 8.16. The molecule has 0 fully saturated rings. The van der Waals surface area contributed by atoms with Crippen molar-refractivity contribution in [2.75, 3.05) is 5.73 Å². The summed E-state index contributed by atoms with van der Waals surface area (Å²) in [6.45, 7) is 4.01. The molecule has 1 heterocycles. The Hall–Kier alpha value is -3.32. The van der Waals surface area contributed by atoms with Crippen LogP contribution < -0.4 is 10.5 Å². The van der Waals surface area contributed by atoms with Gasteiger partial charge in [0, 0.05) is 11.3 Å². The number of hydrogen-bond donors (Lipinski definition) is 1. The number of nitriles is 1. The van der Waals surface area contributed by atoms with E-state index in [-0.39, 0.29) is 5.82 Å². The van der Waals surface area contributed by atoms with Gasteiger partial charge in [-0.25, -0.2) is 4.98 Å². The van der Waals surface area contributed by atoms with Crippen LogP contribution in [0.3, 0.4) is 0 Å². The van der Waals surface area contributed by atoms with Gasteiger partial charge < -0.3 is 10.5 Å². The Morgan fingerprint density at radius 1 is 1.08 bits per heavy atom. The quantitative estimate of drug-likeness (QED) is 0.741. The van der Waals surface area contributed by atoms with Crippen LogP contribution in [-0.4, -0.2) is 4.98 Å². The van der Waals surface area contributed by atoms with Gasteiger partial charge in [0.15, 0.2) is 0 Å². The van der Waals surface area contributed by atoms with Crippen LogP contribution in [-0.2, 0) is 6.42 Å². The highest BCUT2D eigenvalue weighted by Gasteiger charge is 2.17. The first-order valence-corrected chi connectivity index (χ1v) is 8.16. The molecule has 0 unspecified atom stereocenters. The molecule has 25 heavy (non-hydrogen) atoms. The molecular weight excluding hydrogens is 310 g/mol. The molecule has 124 valence electrons. The summed E-state index contributed by atoms with van der Waals surface area (Å²) in [5.74, 6) is 1.75. The highest BCUT2D eigenvalue weighted by atomic mass is 16.5. The largest absolute Gasteiger partial charge is 0.457 e. The van der Waals surface area contributed by atoms with E-state index in [0.717, 1.165) is 34.6 Å². The molecule has 1 aromatic heterocycles. The van der Waals surface area contributed by atoms with E-state index in [1.54, 1.807) is 0 Å². The standard InChI is InChI=1S/C21H19N3O/c1-3-19-14(2)20(18(13-22)21(23)24-19)15-8-7-11-17(12-15)25-16-9-5-4-6-10-16/h4-12H,3H2,1-2H3,(H2,23,24). The lowest BCUT2D eigenvalue weighted by atomic mass is 9.94. The molecule has 0 saturated carbocycles. The normalized spacial score (nSPS) is 10.3. The third-order valence-corrected chi connectivity index (χ3v) is 4.12. The van der Waals surface area contributed by atoms with Gasteiger partial charge in [-0.3, -0.25) is 0 Å². The lowest BCUT2D eigenvalue weighted by Gasteiger charge is -2.15. The number of hydrogen-bond acceptors (Lipinski definition) is 4. The van der Waals surface area contributed by atoms with Crippen LogP contribution in [0.5, 0.6) is 11.5 Å². The van der Waals surface area contributed by atoms with Crippen molar-refractivity contribution in [3.05, 3.63) is 71.4 Å². The Labute approximate surface area is 147 Å². The second kappa shape index (κ2) is 7.06. The van der Waals surface area contributed by atoms with E-state index < -0.39 is 0 Å². The van der Waals surface area contributed by atoms with Gasteiger partial charge in [-0.1, -0.05) is 37.3 Å². The summed E-state index contributed by atoms with van der Waals surface area (Å²) >= 11 is 0. The monoisotopic (exact) mass is 329 g/mol. The Bertz CT molecular complexity index is 943. The molecule has 0 saturated heterocycles. The van der Waals surface area contributed by atoms with E-state index in [2.05, 4.69) is 11.1 Å². The Morgan fingerprint density at radius 3 is 2.48 bits per heavy atom. The summed E-state index contributed by atoms with van der Waals surface area (Å²) in [4.78, 5) is 4.36. The van der Waals surface area contributed by atoms with Crippen LogP contribution in [0.15, 0.2) is 54.6 Å². The average Bonchev–Trinajstić information content (AvgIpc) is 2.64. The van der Waals surface area contributed by atoms with Crippen molar-refractivity contribution >= 4 is 5.82 Å². The maximum absolute atomic E-state index is 9.55. The molecule has 0 atom stereocenters. The number of para-hydroxylation sites is 1. The third kappa shape index (κ3) is 3.31. The van der Waals surface area contributed by atoms with Gasteiger partial charge in [0.2, 0.25) is 0 Å². The summed E-state index contributed by atoms with van der Waals surface area (Å²) in [6, 6.07) is 19.5. The van der Waals surface area contributed by atoms with Gasteiger partial charge in [-0.05, 0) is 48.7 Å². The van der Waals surface area contributed by atoms with Gasteiger partial charge in [0.05, 0.1) is 0 Å². The van der Waals surface area contributed by atoms with E-state index >= 15 is 0 Å². The molecule has 0 amide bonds. The van der Waals surface area contributed by atoms with Crippen molar-refractivity contribution < 1.29 is 4.74 Å². The summed E-state index contributed by atoms with van der Waals surface area (Å²) in [7, 11) is 0. The first kappa shape index (κ1) is 16.5. The number of benzene rings is 2. The zero-order valence-electron chi connectivity index (χ0n) is 14.3. The van der Waals surface area contributed by atoms with E-state index in [9.17, 15) is 5.26 Å². The molecule has 0 radical (unpaired) electrons. The van der Waals surface area contributed by atoms with E-state index in [1.165, 1.54) is 0 Å². The van der Waals surface area contributed by atoms with Gasteiger partial charge >= 0.3 is 0 Å². The molecule has 0 aliphatic rings. The van der Waals surface area contributed by atoms with Crippen LogP contribution in [0.1, 0.15) is 23.7 Å². The fourth-order valence-corrected chi connectivity index (χ4v) is 2.90. The van der Waals surface area contributed by atoms with Crippen molar-refractivity contribution in [1.29, 1.82) is 5.26 Å². The Kier molecular flexibility index (Phi) is 4.67. The molecule has 4 heteroatoms. The summed E-state index contributed by atoms with van der Waals surface area (Å²) in [5, 5.41) is 9.55. The van der Waals surface area contributed by atoms with E-state index in [4.69, 9.17) is 10.5 Å². The maximum Gasteiger partial charge on any atom is 0.142 e. The average molecular weight is 329 g/mol. The van der Waals surface area contributed by atoms with Crippen molar-refractivity contribution in [3.63, 3.8) is 0 Å². The predicted molar refractivity (Wildman–Crippen MR) is 99.4 cm³/mol. The fraction of sp³-hybridized carbons (Fsp3) is 0.143. The molecule has 0 aliphatic carbocycles. The van der Waals surface area contributed by atoms with E-state index in [1.807, 2.05) is 68.4 Å². The molecule has 3 rings (SSSR count). The summed E-state index contributed by atoms with van der Waals surface area (Å²) in [5.41, 5.74) is 10.0. The summed E-state index contributed by atoms with van der Waals surface area (Å²) < 4.78 is 5.91. The molecule has 3 aromatic rings. The molecule has 0 bridgehead atoms. The topological polar surface area (TPSA) is 71.9 Å². The second-order valence-electron chi connectivity index (χ2n) is 5.73.